The lowest BCUT2D eigenvalue weighted by atomic mass is 10.2. The zero-order valence-electron chi connectivity index (χ0n) is 9.21. The van der Waals surface area contributed by atoms with Gasteiger partial charge in [-0.3, -0.25) is 10.1 Å². The van der Waals surface area contributed by atoms with Crippen molar-refractivity contribution in [2.45, 2.75) is 6.54 Å². The quantitative estimate of drug-likeness (QED) is 0.694. The summed E-state index contributed by atoms with van der Waals surface area (Å²) in [5, 5.41) is 21.4. The Bertz CT molecular complexity index is 562. The largest absolute Gasteiger partial charge is 0.378 e. The highest BCUT2D eigenvalue weighted by molar-refractivity contribution is 9.10. The fourth-order valence-corrected chi connectivity index (χ4v) is 1.88. The van der Waals surface area contributed by atoms with Crippen molar-refractivity contribution in [1.29, 1.82) is 0 Å². The van der Waals surface area contributed by atoms with Gasteiger partial charge in [0.25, 0.3) is 5.69 Å². The topological polar surface area (TPSA) is 81.0 Å². The molecule has 7 heteroatoms. The van der Waals surface area contributed by atoms with Gasteiger partial charge in [0.05, 0.1) is 17.2 Å². The van der Waals surface area contributed by atoms with Crippen LogP contribution in [-0.2, 0) is 6.54 Å². The molecule has 0 radical (unpaired) electrons. The van der Waals surface area contributed by atoms with E-state index in [9.17, 15) is 10.1 Å². The summed E-state index contributed by atoms with van der Waals surface area (Å²) in [6.07, 6.45) is 1.60. The standard InChI is InChI=1S/C11H9BrN4O2/c12-10-6-9(16(17)18)3-4-11(10)13-7-8-2-1-5-14-15-8/h1-6,13H,7H2. The number of non-ortho nitro benzene ring substituents is 1. The van der Waals surface area contributed by atoms with Crippen molar-refractivity contribution in [3.63, 3.8) is 0 Å². The van der Waals surface area contributed by atoms with Crippen molar-refractivity contribution in [3.8, 4) is 0 Å². The highest BCUT2D eigenvalue weighted by Crippen LogP contribution is 2.27. The number of anilines is 1. The summed E-state index contributed by atoms with van der Waals surface area (Å²) in [6, 6.07) is 8.20. The zero-order chi connectivity index (χ0) is 13.0. The molecular formula is C11H9BrN4O2. The summed E-state index contributed by atoms with van der Waals surface area (Å²) in [5.74, 6) is 0. The van der Waals surface area contributed by atoms with Gasteiger partial charge in [0, 0.05) is 28.5 Å². The van der Waals surface area contributed by atoms with Crippen LogP contribution in [0, 0.1) is 10.1 Å². The monoisotopic (exact) mass is 308 g/mol. The van der Waals surface area contributed by atoms with Crippen molar-refractivity contribution in [2.24, 2.45) is 0 Å². The van der Waals surface area contributed by atoms with Crippen LogP contribution >= 0.6 is 15.9 Å². The molecule has 6 nitrogen and oxygen atoms in total. The number of nitro groups is 1. The molecule has 0 aliphatic rings. The molecule has 0 amide bonds. The second-order valence-corrected chi connectivity index (χ2v) is 4.34. The third-order valence-corrected chi connectivity index (χ3v) is 2.91. The molecule has 0 unspecified atom stereocenters. The first kappa shape index (κ1) is 12.4. The summed E-state index contributed by atoms with van der Waals surface area (Å²) in [6.45, 7) is 0.504. The average Bonchev–Trinajstić information content (AvgIpc) is 2.38. The summed E-state index contributed by atoms with van der Waals surface area (Å²) >= 11 is 3.29. The van der Waals surface area contributed by atoms with E-state index in [1.807, 2.05) is 6.07 Å². The van der Waals surface area contributed by atoms with Crippen LogP contribution in [0.2, 0.25) is 0 Å². The SMILES string of the molecule is O=[N+]([O-])c1ccc(NCc2cccnn2)c(Br)c1. The van der Waals surface area contributed by atoms with Crippen LogP contribution in [-0.4, -0.2) is 15.1 Å². The van der Waals surface area contributed by atoms with Crippen molar-refractivity contribution in [3.05, 3.63) is 56.8 Å². The Hall–Kier alpha value is -2.02. The normalized spacial score (nSPS) is 10.1. The predicted octanol–water partition coefficient (Wildman–Crippen LogP) is 2.76. The fourth-order valence-electron chi connectivity index (χ4n) is 1.37. The molecule has 0 aliphatic heterocycles. The Kier molecular flexibility index (Phi) is 3.83. The van der Waals surface area contributed by atoms with E-state index in [0.29, 0.717) is 11.0 Å². The summed E-state index contributed by atoms with van der Waals surface area (Å²) in [7, 11) is 0. The molecule has 1 N–H and O–H groups in total. The number of nitrogens with zero attached hydrogens (tertiary/aromatic N) is 3. The minimum absolute atomic E-state index is 0.0481. The third-order valence-electron chi connectivity index (χ3n) is 2.25. The minimum atomic E-state index is -0.433. The maximum atomic E-state index is 10.6. The maximum absolute atomic E-state index is 10.6. The second-order valence-electron chi connectivity index (χ2n) is 3.49. The van der Waals surface area contributed by atoms with Crippen molar-refractivity contribution in [1.82, 2.24) is 10.2 Å². The fraction of sp³-hybridized carbons (Fsp3) is 0.0909. The molecule has 1 heterocycles. The van der Waals surface area contributed by atoms with E-state index in [4.69, 9.17) is 0 Å². The van der Waals surface area contributed by atoms with Gasteiger partial charge in [-0.05, 0) is 34.1 Å². The zero-order valence-corrected chi connectivity index (χ0v) is 10.8. The number of aromatic nitrogens is 2. The second kappa shape index (κ2) is 5.54. The molecule has 18 heavy (non-hydrogen) atoms. The number of rotatable bonds is 4. The Balaban J connectivity index is 2.08. The van der Waals surface area contributed by atoms with Crippen molar-refractivity contribution in [2.75, 3.05) is 5.32 Å². The maximum Gasteiger partial charge on any atom is 0.270 e. The van der Waals surface area contributed by atoms with E-state index in [-0.39, 0.29) is 5.69 Å². The highest BCUT2D eigenvalue weighted by atomic mass is 79.9. The lowest BCUT2D eigenvalue weighted by molar-refractivity contribution is -0.384. The Morgan fingerprint density at radius 2 is 2.22 bits per heavy atom. The summed E-state index contributed by atoms with van der Waals surface area (Å²) in [4.78, 5) is 10.2. The third kappa shape index (κ3) is 3.01. The first-order chi connectivity index (χ1) is 8.66. The lowest BCUT2D eigenvalue weighted by Crippen LogP contribution is -2.03. The number of hydrogen-bond donors (Lipinski definition) is 1. The van der Waals surface area contributed by atoms with Crippen LogP contribution in [0.25, 0.3) is 0 Å². The molecule has 2 aromatic rings. The van der Waals surface area contributed by atoms with E-state index in [2.05, 4.69) is 31.4 Å². The van der Waals surface area contributed by atoms with Gasteiger partial charge in [-0.1, -0.05) is 0 Å². The van der Waals surface area contributed by atoms with Gasteiger partial charge in [-0.25, -0.2) is 0 Å². The molecule has 0 atom stereocenters. The number of hydrogen-bond acceptors (Lipinski definition) is 5. The first-order valence-electron chi connectivity index (χ1n) is 5.11. The van der Waals surface area contributed by atoms with Crippen LogP contribution in [0.5, 0.6) is 0 Å². The van der Waals surface area contributed by atoms with Crippen LogP contribution < -0.4 is 5.32 Å². The van der Waals surface area contributed by atoms with E-state index in [1.54, 1.807) is 18.3 Å². The number of nitrogens with one attached hydrogen (secondary N) is 1. The van der Waals surface area contributed by atoms with Crippen LogP contribution in [0.3, 0.4) is 0 Å². The summed E-state index contributed by atoms with van der Waals surface area (Å²) in [5.41, 5.74) is 1.61. The van der Waals surface area contributed by atoms with Crippen LogP contribution in [0.4, 0.5) is 11.4 Å². The van der Waals surface area contributed by atoms with E-state index in [1.165, 1.54) is 12.1 Å². The van der Waals surface area contributed by atoms with Gasteiger partial charge in [0.2, 0.25) is 0 Å². The van der Waals surface area contributed by atoms with Crippen molar-refractivity contribution >= 4 is 27.3 Å². The molecule has 2 rings (SSSR count). The Morgan fingerprint density at radius 3 is 2.83 bits per heavy atom. The van der Waals surface area contributed by atoms with Crippen molar-refractivity contribution < 1.29 is 4.92 Å². The summed E-state index contributed by atoms with van der Waals surface area (Å²) < 4.78 is 0.639. The molecule has 0 bridgehead atoms. The van der Waals surface area contributed by atoms with E-state index < -0.39 is 4.92 Å². The molecular weight excluding hydrogens is 300 g/mol. The Labute approximate surface area is 111 Å². The van der Waals surface area contributed by atoms with Crippen LogP contribution in [0.15, 0.2) is 41.0 Å². The molecule has 0 fully saturated rings. The number of halogens is 1. The number of benzene rings is 1. The number of nitro benzene ring substituents is 1. The predicted molar refractivity (Wildman–Crippen MR) is 70.2 cm³/mol. The molecule has 0 saturated heterocycles. The van der Waals surface area contributed by atoms with Gasteiger partial charge in [0.1, 0.15) is 0 Å². The van der Waals surface area contributed by atoms with Gasteiger partial charge < -0.3 is 5.32 Å². The molecule has 92 valence electrons. The van der Waals surface area contributed by atoms with E-state index in [0.717, 1.165) is 11.4 Å². The highest BCUT2D eigenvalue weighted by Gasteiger charge is 2.08. The molecule has 0 aliphatic carbocycles. The van der Waals surface area contributed by atoms with Crippen LogP contribution in [0.1, 0.15) is 5.69 Å². The van der Waals surface area contributed by atoms with Gasteiger partial charge >= 0.3 is 0 Å². The van der Waals surface area contributed by atoms with Gasteiger partial charge in [0.15, 0.2) is 0 Å². The molecule has 0 spiro atoms. The molecule has 1 aromatic heterocycles. The molecule has 0 saturated carbocycles. The lowest BCUT2D eigenvalue weighted by Gasteiger charge is -2.07. The Morgan fingerprint density at radius 1 is 1.39 bits per heavy atom. The van der Waals surface area contributed by atoms with Gasteiger partial charge in [-0.2, -0.15) is 10.2 Å². The van der Waals surface area contributed by atoms with E-state index >= 15 is 0 Å². The minimum Gasteiger partial charge on any atom is -0.378 e. The smallest absolute Gasteiger partial charge is 0.270 e. The molecule has 1 aromatic carbocycles. The first-order valence-corrected chi connectivity index (χ1v) is 5.90. The average molecular weight is 309 g/mol. The van der Waals surface area contributed by atoms with Gasteiger partial charge in [-0.15, -0.1) is 0 Å².